The normalized spacial score (nSPS) is 11.1. The van der Waals surface area contributed by atoms with Gasteiger partial charge >= 0.3 is 0 Å². The number of rotatable bonds is 5. The number of benzene rings is 1. The maximum atomic E-state index is 5.75. The molecule has 0 N–H and O–H groups in total. The molecule has 0 aliphatic heterocycles. The molecule has 0 amide bonds. The Bertz CT molecular complexity index is 797. The van der Waals surface area contributed by atoms with E-state index in [2.05, 4.69) is 39.1 Å². The molecule has 3 aromatic rings. The van der Waals surface area contributed by atoms with E-state index in [0.717, 1.165) is 40.1 Å². The Balaban J connectivity index is 1.88. The predicted octanol–water partition coefficient (Wildman–Crippen LogP) is 3.55. The summed E-state index contributed by atoms with van der Waals surface area (Å²) in [6, 6.07) is 14.3. The largest absolute Gasteiger partial charge is 0.492 e. The molecule has 0 bridgehead atoms. The van der Waals surface area contributed by atoms with Crippen LogP contribution in [0.5, 0.6) is 5.75 Å². The highest BCUT2D eigenvalue weighted by Gasteiger charge is 2.07. The van der Waals surface area contributed by atoms with Crippen LogP contribution in [-0.4, -0.2) is 42.1 Å². The Labute approximate surface area is 136 Å². The second-order valence-electron chi connectivity index (χ2n) is 5.86. The van der Waals surface area contributed by atoms with Gasteiger partial charge in [-0.05, 0) is 62.5 Å². The van der Waals surface area contributed by atoms with Gasteiger partial charge in [-0.2, -0.15) is 0 Å². The van der Waals surface area contributed by atoms with E-state index in [1.165, 1.54) is 0 Å². The highest BCUT2D eigenvalue weighted by atomic mass is 16.5. The summed E-state index contributed by atoms with van der Waals surface area (Å²) in [6.45, 7) is 3.59. The number of nitrogens with zero attached hydrogens (tertiary/aromatic N) is 3. The molecule has 0 aliphatic carbocycles. The number of pyridine rings is 2. The lowest BCUT2D eigenvalue weighted by Gasteiger charge is -2.12. The van der Waals surface area contributed by atoms with Crippen molar-refractivity contribution in [2.75, 3.05) is 27.2 Å². The monoisotopic (exact) mass is 307 g/mol. The molecule has 118 valence electrons. The zero-order chi connectivity index (χ0) is 16.2. The fourth-order valence-electron chi connectivity index (χ4n) is 2.50. The first-order chi connectivity index (χ1) is 11.1. The standard InChI is InChI=1S/C19H21N3O/c1-14-13-18(17-5-4-10-20-19(17)21-14)15-6-8-16(9-7-15)23-12-11-22(2)3/h4-10,13H,11-12H2,1-3H3. The number of fused-ring (bicyclic) bond motifs is 1. The molecule has 0 saturated carbocycles. The van der Waals surface area contributed by atoms with Gasteiger partial charge in [-0.15, -0.1) is 0 Å². The molecule has 23 heavy (non-hydrogen) atoms. The molecular formula is C19H21N3O. The van der Waals surface area contributed by atoms with Crippen molar-refractivity contribution in [3.63, 3.8) is 0 Å². The minimum Gasteiger partial charge on any atom is -0.492 e. The number of hydrogen-bond acceptors (Lipinski definition) is 4. The molecule has 0 radical (unpaired) electrons. The van der Waals surface area contributed by atoms with Crippen molar-refractivity contribution in [3.05, 3.63) is 54.4 Å². The van der Waals surface area contributed by atoms with Gasteiger partial charge in [0.05, 0.1) is 0 Å². The summed E-state index contributed by atoms with van der Waals surface area (Å²) < 4.78 is 5.75. The summed E-state index contributed by atoms with van der Waals surface area (Å²) in [6.07, 6.45) is 1.78. The van der Waals surface area contributed by atoms with Crippen LogP contribution in [0.1, 0.15) is 5.69 Å². The van der Waals surface area contributed by atoms with E-state index in [9.17, 15) is 0 Å². The topological polar surface area (TPSA) is 38.2 Å². The van der Waals surface area contributed by atoms with Crippen molar-refractivity contribution < 1.29 is 4.74 Å². The van der Waals surface area contributed by atoms with Crippen molar-refractivity contribution >= 4 is 11.0 Å². The lowest BCUT2D eigenvalue weighted by molar-refractivity contribution is 0.261. The fourth-order valence-corrected chi connectivity index (χ4v) is 2.50. The summed E-state index contributed by atoms with van der Waals surface area (Å²) in [7, 11) is 4.08. The Hall–Kier alpha value is -2.46. The zero-order valence-electron chi connectivity index (χ0n) is 13.8. The van der Waals surface area contributed by atoms with E-state index in [1.54, 1.807) is 6.20 Å². The predicted molar refractivity (Wildman–Crippen MR) is 93.8 cm³/mol. The smallest absolute Gasteiger partial charge is 0.159 e. The Morgan fingerprint density at radius 2 is 1.87 bits per heavy atom. The molecule has 0 unspecified atom stereocenters. The third-order valence-corrected chi connectivity index (χ3v) is 3.68. The molecule has 0 saturated heterocycles. The number of ether oxygens (including phenoxy) is 1. The molecule has 4 nitrogen and oxygen atoms in total. The minimum atomic E-state index is 0.688. The van der Waals surface area contributed by atoms with Crippen LogP contribution in [-0.2, 0) is 0 Å². The maximum absolute atomic E-state index is 5.75. The summed E-state index contributed by atoms with van der Waals surface area (Å²) in [5.74, 6) is 0.892. The van der Waals surface area contributed by atoms with Crippen LogP contribution >= 0.6 is 0 Å². The first kappa shape index (κ1) is 15.4. The van der Waals surface area contributed by atoms with Crippen LogP contribution in [0.4, 0.5) is 0 Å². The van der Waals surface area contributed by atoms with Gasteiger partial charge in [0, 0.05) is 23.8 Å². The molecule has 2 heterocycles. The average Bonchev–Trinajstić information content (AvgIpc) is 2.54. The molecule has 0 spiro atoms. The first-order valence-electron chi connectivity index (χ1n) is 7.74. The van der Waals surface area contributed by atoms with Crippen molar-refractivity contribution in [2.24, 2.45) is 0 Å². The quantitative estimate of drug-likeness (QED) is 0.722. The van der Waals surface area contributed by atoms with Crippen molar-refractivity contribution in [3.8, 4) is 16.9 Å². The molecule has 3 rings (SSSR count). The van der Waals surface area contributed by atoms with Crippen LogP contribution in [0.25, 0.3) is 22.2 Å². The van der Waals surface area contributed by atoms with Gasteiger partial charge < -0.3 is 9.64 Å². The molecular weight excluding hydrogens is 286 g/mol. The average molecular weight is 307 g/mol. The number of aromatic nitrogens is 2. The van der Waals surface area contributed by atoms with Crippen molar-refractivity contribution in [1.82, 2.24) is 14.9 Å². The SMILES string of the molecule is Cc1cc(-c2ccc(OCCN(C)C)cc2)c2cccnc2n1. The summed E-state index contributed by atoms with van der Waals surface area (Å²) in [4.78, 5) is 11.0. The molecule has 0 fully saturated rings. The van der Waals surface area contributed by atoms with Crippen molar-refractivity contribution in [2.45, 2.75) is 6.92 Å². The zero-order valence-corrected chi connectivity index (χ0v) is 13.8. The summed E-state index contributed by atoms with van der Waals surface area (Å²) in [5, 5.41) is 1.07. The highest BCUT2D eigenvalue weighted by molar-refractivity contribution is 5.92. The maximum Gasteiger partial charge on any atom is 0.159 e. The Morgan fingerprint density at radius 1 is 1.09 bits per heavy atom. The van der Waals surface area contributed by atoms with Crippen LogP contribution < -0.4 is 4.74 Å². The van der Waals surface area contributed by atoms with Crippen LogP contribution in [0.3, 0.4) is 0 Å². The van der Waals surface area contributed by atoms with Crippen LogP contribution in [0.15, 0.2) is 48.7 Å². The lowest BCUT2D eigenvalue weighted by atomic mass is 10.0. The molecule has 0 aliphatic rings. The van der Waals surface area contributed by atoms with Crippen LogP contribution in [0.2, 0.25) is 0 Å². The van der Waals surface area contributed by atoms with E-state index in [1.807, 2.05) is 39.2 Å². The van der Waals surface area contributed by atoms with E-state index >= 15 is 0 Å². The molecule has 4 heteroatoms. The fraction of sp³-hybridized carbons (Fsp3) is 0.263. The number of hydrogen-bond donors (Lipinski definition) is 0. The third-order valence-electron chi connectivity index (χ3n) is 3.68. The van der Waals surface area contributed by atoms with E-state index in [-0.39, 0.29) is 0 Å². The van der Waals surface area contributed by atoms with Crippen LogP contribution in [0, 0.1) is 6.92 Å². The molecule has 1 aromatic carbocycles. The molecule has 0 atom stereocenters. The summed E-state index contributed by atoms with van der Waals surface area (Å²) in [5.41, 5.74) is 4.06. The first-order valence-corrected chi connectivity index (χ1v) is 7.74. The van der Waals surface area contributed by atoms with Gasteiger partial charge in [0.1, 0.15) is 12.4 Å². The Kier molecular flexibility index (Phi) is 4.53. The summed E-state index contributed by atoms with van der Waals surface area (Å²) >= 11 is 0. The molecule has 2 aromatic heterocycles. The van der Waals surface area contributed by atoms with E-state index < -0.39 is 0 Å². The second kappa shape index (κ2) is 6.75. The Morgan fingerprint density at radius 3 is 2.61 bits per heavy atom. The highest BCUT2D eigenvalue weighted by Crippen LogP contribution is 2.29. The van der Waals surface area contributed by atoms with Crippen molar-refractivity contribution in [1.29, 1.82) is 0 Å². The lowest BCUT2D eigenvalue weighted by Crippen LogP contribution is -2.19. The minimum absolute atomic E-state index is 0.688. The van der Waals surface area contributed by atoms with Gasteiger partial charge in [0.15, 0.2) is 5.65 Å². The second-order valence-corrected chi connectivity index (χ2v) is 5.86. The van der Waals surface area contributed by atoms with Gasteiger partial charge in [0.2, 0.25) is 0 Å². The number of likely N-dealkylation sites (N-methyl/N-ethyl adjacent to an activating group) is 1. The van der Waals surface area contributed by atoms with Gasteiger partial charge in [0.25, 0.3) is 0 Å². The van der Waals surface area contributed by atoms with Gasteiger partial charge in [-0.25, -0.2) is 9.97 Å². The third kappa shape index (κ3) is 3.66. The van der Waals surface area contributed by atoms with E-state index in [4.69, 9.17) is 4.74 Å². The van der Waals surface area contributed by atoms with E-state index in [0.29, 0.717) is 6.61 Å². The van der Waals surface area contributed by atoms with Gasteiger partial charge in [-0.1, -0.05) is 12.1 Å². The number of aryl methyl sites for hydroxylation is 1. The van der Waals surface area contributed by atoms with Gasteiger partial charge in [-0.3, -0.25) is 0 Å².